The zero-order chi connectivity index (χ0) is 20.8. The number of rotatable bonds is 5. The molecular formula is C23H29NO5. The van der Waals surface area contributed by atoms with E-state index in [4.69, 9.17) is 13.9 Å². The zero-order valence-electron chi connectivity index (χ0n) is 17.6. The van der Waals surface area contributed by atoms with E-state index < -0.39 is 0 Å². The molecule has 1 aliphatic carbocycles. The predicted octanol–water partition coefficient (Wildman–Crippen LogP) is 3.68. The van der Waals surface area contributed by atoms with E-state index in [2.05, 4.69) is 5.32 Å². The van der Waals surface area contributed by atoms with Crippen LogP contribution in [0.5, 0.6) is 11.5 Å². The first-order chi connectivity index (χ1) is 13.8. The van der Waals surface area contributed by atoms with Crippen molar-refractivity contribution in [2.45, 2.75) is 77.9 Å². The molecule has 2 aliphatic rings. The molecule has 1 N–H and O–H groups in total. The van der Waals surface area contributed by atoms with Crippen LogP contribution in [0.2, 0.25) is 0 Å². The molecule has 6 nitrogen and oxygen atoms in total. The van der Waals surface area contributed by atoms with Gasteiger partial charge in [0.25, 0.3) is 5.91 Å². The second-order valence-electron chi connectivity index (χ2n) is 8.78. The SMILES string of the molecule is CC[C@H](C)NC(=O)COc1cc2c(c3oc(=O)c4c(c13)CCC4)CCC(C)(C)O2. The van der Waals surface area contributed by atoms with E-state index in [1.807, 2.05) is 33.8 Å². The summed E-state index contributed by atoms with van der Waals surface area (Å²) in [5, 5.41) is 3.75. The zero-order valence-corrected chi connectivity index (χ0v) is 17.6. The molecule has 6 heteroatoms. The molecule has 0 saturated carbocycles. The first kappa shape index (κ1) is 19.8. The summed E-state index contributed by atoms with van der Waals surface area (Å²) in [4.78, 5) is 24.8. The monoisotopic (exact) mass is 399 g/mol. The number of nitrogens with one attached hydrogen (secondary N) is 1. The molecule has 29 heavy (non-hydrogen) atoms. The van der Waals surface area contributed by atoms with Crippen molar-refractivity contribution in [3.63, 3.8) is 0 Å². The lowest BCUT2D eigenvalue weighted by molar-refractivity contribution is -0.123. The number of hydrogen-bond donors (Lipinski definition) is 1. The fraction of sp³-hybridized carbons (Fsp3) is 0.565. The lowest BCUT2D eigenvalue weighted by Gasteiger charge is -2.33. The largest absolute Gasteiger partial charge is 0.487 e. The molecule has 2 aromatic rings. The van der Waals surface area contributed by atoms with Crippen LogP contribution in [0, 0.1) is 0 Å². The fourth-order valence-corrected chi connectivity index (χ4v) is 4.23. The van der Waals surface area contributed by atoms with Gasteiger partial charge >= 0.3 is 5.63 Å². The molecule has 0 fully saturated rings. The van der Waals surface area contributed by atoms with E-state index in [1.165, 1.54) is 0 Å². The van der Waals surface area contributed by atoms with Gasteiger partial charge in [-0.05, 0) is 64.9 Å². The Hall–Kier alpha value is -2.50. The van der Waals surface area contributed by atoms with Crippen molar-refractivity contribution in [1.82, 2.24) is 5.32 Å². The van der Waals surface area contributed by atoms with Crippen molar-refractivity contribution in [2.75, 3.05) is 6.61 Å². The minimum atomic E-state index is -0.303. The van der Waals surface area contributed by atoms with Gasteiger partial charge in [0.05, 0.1) is 5.39 Å². The van der Waals surface area contributed by atoms with Gasteiger partial charge < -0.3 is 19.2 Å². The number of fused-ring (bicyclic) bond motifs is 5. The topological polar surface area (TPSA) is 77.8 Å². The maximum absolute atomic E-state index is 12.6. The molecule has 0 saturated heterocycles. The van der Waals surface area contributed by atoms with Crippen LogP contribution in [0.4, 0.5) is 0 Å². The van der Waals surface area contributed by atoms with Crippen molar-refractivity contribution >= 4 is 16.9 Å². The number of ether oxygens (including phenoxy) is 2. The highest BCUT2D eigenvalue weighted by atomic mass is 16.5. The number of aryl methyl sites for hydroxylation is 2. The molecule has 0 spiro atoms. The summed E-state index contributed by atoms with van der Waals surface area (Å²) >= 11 is 0. The average molecular weight is 399 g/mol. The summed E-state index contributed by atoms with van der Waals surface area (Å²) in [6.45, 7) is 7.98. The second-order valence-corrected chi connectivity index (χ2v) is 8.78. The van der Waals surface area contributed by atoms with Crippen molar-refractivity contribution in [3.05, 3.63) is 33.2 Å². The smallest absolute Gasteiger partial charge is 0.339 e. The maximum atomic E-state index is 12.6. The highest BCUT2D eigenvalue weighted by Crippen LogP contribution is 2.44. The van der Waals surface area contributed by atoms with Gasteiger partial charge in [0.2, 0.25) is 0 Å². The van der Waals surface area contributed by atoms with E-state index >= 15 is 0 Å². The highest BCUT2D eigenvalue weighted by molar-refractivity contribution is 5.93. The van der Waals surface area contributed by atoms with Crippen LogP contribution < -0.4 is 20.4 Å². The van der Waals surface area contributed by atoms with Gasteiger partial charge in [0.15, 0.2) is 6.61 Å². The van der Waals surface area contributed by atoms with Crippen molar-refractivity contribution in [1.29, 1.82) is 0 Å². The fourth-order valence-electron chi connectivity index (χ4n) is 4.23. The van der Waals surface area contributed by atoms with E-state index in [0.717, 1.165) is 60.6 Å². The average Bonchev–Trinajstić information content (AvgIpc) is 3.15. The van der Waals surface area contributed by atoms with Crippen LogP contribution in [-0.4, -0.2) is 24.2 Å². The van der Waals surface area contributed by atoms with E-state index in [-0.39, 0.29) is 29.8 Å². The number of benzene rings is 1. The van der Waals surface area contributed by atoms with Gasteiger partial charge in [-0.15, -0.1) is 0 Å². The van der Waals surface area contributed by atoms with E-state index in [0.29, 0.717) is 17.1 Å². The molecule has 2 heterocycles. The Labute approximate surface area is 170 Å². The standard InChI is InChI=1S/C23H29NO5/c1-5-13(2)24-19(25)12-27-18-11-17-16(9-10-23(3,4)29-17)21-20(18)14-7-6-8-15(14)22(26)28-21/h11,13H,5-10,12H2,1-4H3,(H,24,25)/t13-/m0/s1. The number of carbonyl (C=O) groups excluding carboxylic acids is 1. The third kappa shape index (κ3) is 3.72. The molecule has 0 unspecified atom stereocenters. The summed E-state index contributed by atoms with van der Waals surface area (Å²) in [7, 11) is 0. The van der Waals surface area contributed by atoms with Gasteiger partial charge in [-0.3, -0.25) is 4.79 Å². The van der Waals surface area contributed by atoms with Crippen LogP contribution in [0.1, 0.15) is 63.6 Å². The first-order valence-corrected chi connectivity index (χ1v) is 10.5. The Bertz CT molecular complexity index is 1020. The van der Waals surface area contributed by atoms with Gasteiger partial charge in [0.1, 0.15) is 22.7 Å². The summed E-state index contributed by atoms with van der Waals surface area (Å²) in [5.41, 5.74) is 2.65. The minimum absolute atomic E-state index is 0.0878. The van der Waals surface area contributed by atoms with Crippen LogP contribution in [0.15, 0.2) is 15.3 Å². The Kier molecular flexibility index (Phi) is 5.05. The quantitative estimate of drug-likeness (QED) is 0.776. The Morgan fingerprint density at radius 3 is 2.76 bits per heavy atom. The summed E-state index contributed by atoms with van der Waals surface area (Å²) < 4.78 is 17.9. The van der Waals surface area contributed by atoms with Crippen molar-refractivity contribution in [3.8, 4) is 11.5 Å². The molecule has 0 bridgehead atoms. The van der Waals surface area contributed by atoms with E-state index in [1.54, 1.807) is 0 Å². The molecule has 1 atom stereocenters. The number of hydrogen-bond acceptors (Lipinski definition) is 5. The minimum Gasteiger partial charge on any atom is -0.487 e. The summed E-state index contributed by atoms with van der Waals surface area (Å²) in [6.07, 6.45) is 4.94. The number of amides is 1. The third-order valence-corrected chi connectivity index (χ3v) is 6.01. The van der Waals surface area contributed by atoms with Gasteiger partial charge in [-0.25, -0.2) is 4.79 Å². The van der Waals surface area contributed by atoms with Gasteiger partial charge in [-0.2, -0.15) is 0 Å². The molecule has 1 aromatic heterocycles. The molecule has 156 valence electrons. The molecule has 1 amide bonds. The molecular weight excluding hydrogens is 370 g/mol. The summed E-state index contributed by atoms with van der Waals surface area (Å²) in [5.74, 6) is 1.06. The van der Waals surface area contributed by atoms with Gasteiger partial charge in [0, 0.05) is 23.2 Å². The van der Waals surface area contributed by atoms with Crippen LogP contribution in [-0.2, 0) is 24.1 Å². The predicted molar refractivity (Wildman–Crippen MR) is 111 cm³/mol. The second kappa shape index (κ2) is 7.39. The molecule has 1 aromatic carbocycles. The normalized spacial score (nSPS) is 17.9. The summed E-state index contributed by atoms with van der Waals surface area (Å²) in [6, 6.07) is 1.96. The van der Waals surface area contributed by atoms with Crippen molar-refractivity contribution in [2.24, 2.45) is 0 Å². The first-order valence-electron chi connectivity index (χ1n) is 10.5. The lowest BCUT2D eigenvalue weighted by atomic mass is 9.91. The Morgan fingerprint density at radius 1 is 1.24 bits per heavy atom. The third-order valence-electron chi connectivity index (χ3n) is 6.01. The van der Waals surface area contributed by atoms with Crippen molar-refractivity contribution < 1.29 is 18.7 Å². The van der Waals surface area contributed by atoms with Crippen LogP contribution >= 0.6 is 0 Å². The van der Waals surface area contributed by atoms with Gasteiger partial charge in [-0.1, -0.05) is 6.92 Å². The Balaban J connectivity index is 1.79. The van der Waals surface area contributed by atoms with Crippen LogP contribution in [0.3, 0.4) is 0 Å². The Morgan fingerprint density at radius 2 is 2.00 bits per heavy atom. The van der Waals surface area contributed by atoms with E-state index in [9.17, 15) is 9.59 Å². The highest BCUT2D eigenvalue weighted by Gasteiger charge is 2.32. The molecule has 4 rings (SSSR count). The molecule has 1 aliphatic heterocycles. The number of carbonyl (C=O) groups is 1. The lowest BCUT2D eigenvalue weighted by Crippen LogP contribution is -2.35. The maximum Gasteiger partial charge on any atom is 0.339 e. The van der Waals surface area contributed by atoms with Crippen LogP contribution in [0.25, 0.3) is 11.0 Å². The molecule has 0 radical (unpaired) electrons.